The number of hydrogen-bond acceptors (Lipinski definition) is 4. The molecule has 0 spiro atoms. The Hall–Kier alpha value is -2.64. The van der Waals surface area contributed by atoms with Crippen molar-refractivity contribution in [3.8, 4) is 5.75 Å². The monoisotopic (exact) mass is 440 g/mol. The van der Waals surface area contributed by atoms with Gasteiger partial charge in [0.2, 0.25) is 10.0 Å². The standard InChI is InChI=1S/C24H28N2O4S/c1-18-5-2-3-14-26(18)31(29,30)23-7-4-6-21(17-23)24(28)25-15-12-20(13-16-25)19-8-10-22(27)11-9-19/h4,6-12,17-18,27H,2-3,5,13-16H2,1H3. The summed E-state index contributed by atoms with van der Waals surface area (Å²) in [4.78, 5) is 15.0. The molecule has 6 nitrogen and oxygen atoms in total. The zero-order valence-corrected chi connectivity index (χ0v) is 18.5. The molecule has 2 aliphatic heterocycles. The second-order valence-electron chi connectivity index (χ2n) is 8.27. The smallest absolute Gasteiger partial charge is 0.254 e. The van der Waals surface area contributed by atoms with Crippen molar-refractivity contribution in [1.82, 2.24) is 9.21 Å². The van der Waals surface area contributed by atoms with Crippen LogP contribution in [-0.4, -0.2) is 54.3 Å². The third kappa shape index (κ3) is 4.52. The van der Waals surface area contributed by atoms with Gasteiger partial charge < -0.3 is 10.0 Å². The third-order valence-corrected chi connectivity index (χ3v) is 8.17. The van der Waals surface area contributed by atoms with Gasteiger partial charge in [-0.1, -0.05) is 30.7 Å². The molecule has 0 saturated carbocycles. The maximum Gasteiger partial charge on any atom is 0.254 e. The van der Waals surface area contributed by atoms with Gasteiger partial charge in [0.1, 0.15) is 5.75 Å². The van der Waals surface area contributed by atoms with Crippen molar-refractivity contribution in [1.29, 1.82) is 0 Å². The molecule has 164 valence electrons. The lowest BCUT2D eigenvalue weighted by Gasteiger charge is -2.32. The number of carbonyl (C=O) groups excluding carboxylic acids is 1. The van der Waals surface area contributed by atoms with Crippen LogP contribution < -0.4 is 0 Å². The van der Waals surface area contributed by atoms with Gasteiger partial charge in [-0.25, -0.2) is 8.42 Å². The summed E-state index contributed by atoms with van der Waals surface area (Å²) < 4.78 is 27.9. The highest BCUT2D eigenvalue weighted by molar-refractivity contribution is 7.89. The SMILES string of the molecule is CC1CCCCN1S(=O)(=O)c1cccc(C(=O)N2CC=C(c3ccc(O)cc3)CC2)c1. The van der Waals surface area contributed by atoms with E-state index in [0.717, 1.165) is 30.4 Å². The molecule has 4 rings (SSSR count). The second-order valence-corrected chi connectivity index (χ2v) is 10.2. The number of nitrogens with zero attached hydrogens (tertiary/aromatic N) is 2. The van der Waals surface area contributed by atoms with Crippen LogP contribution in [0.2, 0.25) is 0 Å². The van der Waals surface area contributed by atoms with Crippen molar-refractivity contribution in [3.63, 3.8) is 0 Å². The zero-order chi connectivity index (χ0) is 22.0. The van der Waals surface area contributed by atoms with E-state index in [1.807, 2.05) is 25.1 Å². The predicted molar refractivity (Wildman–Crippen MR) is 120 cm³/mol. The van der Waals surface area contributed by atoms with Gasteiger partial charge in [-0.2, -0.15) is 4.31 Å². The van der Waals surface area contributed by atoms with Gasteiger partial charge in [0.25, 0.3) is 5.91 Å². The summed E-state index contributed by atoms with van der Waals surface area (Å²) in [6, 6.07) is 13.4. The lowest BCUT2D eigenvalue weighted by Crippen LogP contribution is -2.42. The van der Waals surface area contributed by atoms with Crippen LogP contribution in [-0.2, 0) is 10.0 Å². The molecule has 31 heavy (non-hydrogen) atoms. The number of phenolic OH excluding ortho intramolecular Hbond substituents is 1. The van der Waals surface area contributed by atoms with E-state index in [4.69, 9.17) is 0 Å². The van der Waals surface area contributed by atoms with E-state index in [1.165, 1.54) is 6.07 Å². The number of sulfonamides is 1. The van der Waals surface area contributed by atoms with Crippen LogP contribution in [0.3, 0.4) is 0 Å². The number of rotatable bonds is 4. The van der Waals surface area contributed by atoms with E-state index in [1.54, 1.807) is 39.5 Å². The number of piperidine rings is 1. The van der Waals surface area contributed by atoms with Crippen LogP contribution in [0.15, 0.2) is 59.5 Å². The topological polar surface area (TPSA) is 77.9 Å². The molecule has 7 heteroatoms. The minimum absolute atomic E-state index is 0.0244. The molecule has 2 aromatic carbocycles. The Balaban J connectivity index is 1.50. The first kappa shape index (κ1) is 21.6. The highest BCUT2D eigenvalue weighted by Gasteiger charge is 2.31. The molecule has 1 amide bonds. The van der Waals surface area contributed by atoms with Crippen LogP contribution in [0.5, 0.6) is 5.75 Å². The van der Waals surface area contributed by atoms with Crippen molar-refractivity contribution >= 4 is 21.5 Å². The second kappa shape index (κ2) is 8.85. The van der Waals surface area contributed by atoms with Crippen molar-refractivity contribution in [2.24, 2.45) is 0 Å². The number of amides is 1. The molecule has 1 unspecified atom stereocenters. The van der Waals surface area contributed by atoms with Crippen LogP contribution in [0.25, 0.3) is 5.57 Å². The normalized spacial score (nSPS) is 20.4. The fraction of sp³-hybridized carbons (Fsp3) is 0.375. The average molecular weight is 441 g/mol. The van der Waals surface area contributed by atoms with Crippen molar-refractivity contribution in [2.45, 2.75) is 43.5 Å². The molecular weight excluding hydrogens is 412 g/mol. The number of benzene rings is 2. The average Bonchev–Trinajstić information content (AvgIpc) is 2.79. The van der Waals surface area contributed by atoms with E-state index in [2.05, 4.69) is 0 Å². The number of phenols is 1. The zero-order valence-electron chi connectivity index (χ0n) is 17.7. The Bertz CT molecular complexity index is 1090. The van der Waals surface area contributed by atoms with E-state index in [-0.39, 0.29) is 22.6 Å². The lowest BCUT2D eigenvalue weighted by atomic mass is 9.99. The van der Waals surface area contributed by atoms with Gasteiger partial charge in [-0.3, -0.25) is 4.79 Å². The summed E-state index contributed by atoms with van der Waals surface area (Å²) in [7, 11) is -3.62. The molecule has 1 fully saturated rings. The van der Waals surface area contributed by atoms with Gasteiger partial charge in [0.15, 0.2) is 0 Å². The van der Waals surface area contributed by atoms with Crippen LogP contribution >= 0.6 is 0 Å². The molecule has 0 radical (unpaired) electrons. The molecule has 2 aliphatic rings. The van der Waals surface area contributed by atoms with Crippen LogP contribution in [0, 0.1) is 0 Å². The van der Waals surface area contributed by atoms with E-state index in [9.17, 15) is 18.3 Å². The Morgan fingerprint density at radius 1 is 1.06 bits per heavy atom. The van der Waals surface area contributed by atoms with Gasteiger partial charge in [0, 0.05) is 31.2 Å². The molecule has 0 bridgehead atoms. The highest BCUT2D eigenvalue weighted by atomic mass is 32.2. The number of hydrogen-bond donors (Lipinski definition) is 1. The van der Waals surface area contributed by atoms with E-state index >= 15 is 0 Å². The van der Waals surface area contributed by atoms with Crippen LogP contribution in [0.4, 0.5) is 0 Å². The first-order chi connectivity index (χ1) is 14.9. The summed E-state index contributed by atoms with van der Waals surface area (Å²) in [6.45, 7) is 3.50. The molecule has 2 heterocycles. The Labute approximate surface area is 183 Å². The van der Waals surface area contributed by atoms with Gasteiger partial charge >= 0.3 is 0 Å². The Morgan fingerprint density at radius 3 is 2.52 bits per heavy atom. The minimum Gasteiger partial charge on any atom is -0.508 e. The van der Waals surface area contributed by atoms with Gasteiger partial charge in [-0.15, -0.1) is 0 Å². The van der Waals surface area contributed by atoms with Crippen molar-refractivity contribution in [3.05, 3.63) is 65.7 Å². The predicted octanol–water partition coefficient (Wildman–Crippen LogP) is 3.88. The fourth-order valence-corrected chi connectivity index (χ4v) is 6.07. The van der Waals surface area contributed by atoms with E-state index < -0.39 is 10.0 Å². The molecule has 1 atom stereocenters. The summed E-state index contributed by atoms with van der Waals surface area (Å²) >= 11 is 0. The molecule has 1 saturated heterocycles. The van der Waals surface area contributed by atoms with Crippen LogP contribution in [0.1, 0.15) is 48.5 Å². The highest BCUT2D eigenvalue weighted by Crippen LogP contribution is 2.27. The largest absolute Gasteiger partial charge is 0.508 e. The summed E-state index contributed by atoms with van der Waals surface area (Å²) in [5.41, 5.74) is 2.57. The number of aromatic hydroxyl groups is 1. The fourth-order valence-electron chi connectivity index (χ4n) is 4.33. The molecular formula is C24H28N2O4S. The maximum absolute atomic E-state index is 13.1. The Kier molecular flexibility index (Phi) is 6.16. The lowest BCUT2D eigenvalue weighted by molar-refractivity contribution is 0.0772. The maximum atomic E-state index is 13.1. The first-order valence-corrected chi connectivity index (χ1v) is 12.2. The van der Waals surface area contributed by atoms with Gasteiger partial charge in [0.05, 0.1) is 4.90 Å². The Morgan fingerprint density at radius 2 is 1.84 bits per heavy atom. The van der Waals surface area contributed by atoms with Gasteiger partial charge in [-0.05, 0) is 67.7 Å². The van der Waals surface area contributed by atoms with Crippen molar-refractivity contribution < 1.29 is 18.3 Å². The quantitative estimate of drug-likeness (QED) is 0.783. The molecule has 2 aromatic rings. The summed E-state index contributed by atoms with van der Waals surface area (Å²) in [5.74, 6) is 0.0653. The molecule has 1 N–H and O–H groups in total. The summed E-state index contributed by atoms with van der Waals surface area (Å²) in [6.07, 6.45) is 5.50. The third-order valence-electron chi connectivity index (χ3n) is 6.16. The number of carbonyl (C=O) groups is 1. The first-order valence-electron chi connectivity index (χ1n) is 10.8. The molecule has 0 aliphatic carbocycles. The summed E-state index contributed by atoms with van der Waals surface area (Å²) in [5, 5.41) is 9.46. The molecule has 0 aromatic heterocycles. The minimum atomic E-state index is -3.62. The van der Waals surface area contributed by atoms with E-state index in [0.29, 0.717) is 31.6 Å². The van der Waals surface area contributed by atoms with Crippen molar-refractivity contribution in [2.75, 3.05) is 19.6 Å².